The Kier molecular flexibility index (Phi) is 72.0. The van der Waals surface area contributed by atoms with Gasteiger partial charge in [0.1, 0.15) is 0 Å². The molecule has 0 heterocycles. The van der Waals surface area contributed by atoms with Gasteiger partial charge in [-0.3, -0.25) is 0 Å². The Morgan fingerprint density at radius 2 is 0.733 bits per heavy atom. The van der Waals surface area contributed by atoms with Gasteiger partial charge in [0.05, 0.1) is 0 Å². The number of hydrogen-bond acceptors (Lipinski definition) is 6. The van der Waals surface area contributed by atoms with Crippen molar-refractivity contribution in [3.05, 3.63) is 0 Å². The van der Waals surface area contributed by atoms with E-state index in [0.717, 1.165) is 20.8 Å². The first-order valence-electron chi connectivity index (χ1n) is 2.72. The second-order valence-electron chi connectivity index (χ2n) is 1.47. The molecule has 15 heavy (non-hydrogen) atoms. The molecule has 0 aromatic carbocycles. The fraction of sp³-hybridized carbons (Fsp3) is 0.571. The molecule has 8 heteroatoms. The fourth-order valence-electron chi connectivity index (χ4n) is 0. The van der Waals surface area contributed by atoms with Crippen LogP contribution in [0.5, 0.6) is 0 Å². The minimum Gasteiger partial charge on any atom is -0.550 e. The molecule has 0 saturated heterocycles. The molecule has 0 radical (unpaired) electrons. The second kappa shape index (κ2) is 29.2. The first-order chi connectivity index (χ1) is 5.20. The summed E-state index contributed by atoms with van der Waals surface area (Å²) in [5, 5.41) is 26.7. The SMILES string of the molecule is C.CC(=O)[O-].CC(=O)[O-].CC(=O)[O-].[NH4+].[Pd+2]. The van der Waals surface area contributed by atoms with Crippen LogP contribution in [0.25, 0.3) is 0 Å². The topological polar surface area (TPSA) is 157 Å². The van der Waals surface area contributed by atoms with Crippen molar-refractivity contribution in [1.82, 2.24) is 6.15 Å². The Morgan fingerprint density at radius 3 is 0.733 bits per heavy atom. The van der Waals surface area contributed by atoms with Gasteiger partial charge in [0, 0.05) is 17.9 Å². The molecule has 0 unspecified atom stereocenters. The van der Waals surface area contributed by atoms with E-state index in [2.05, 4.69) is 0 Å². The number of carbonyl (C=O) groups excluding carboxylic acids is 3. The van der Waals surface area contributed by atoms with Crippen LogP contribution in [0.2, 0.25) is 0 Å². The van der Waals surface area contributed by atoms with Crippen LogP contribution in [0.15, 0.2) is 0 Å². The van der Waals surface area contributed by atoms with Crippen molar-refractivity contribution in [2.45, 2.75) is 28.2 Å². The summed E-state index contributed by atoms with van der Waals surface area (Å²) in [7, 11) is 0. The van der Waals surface area contributed by atoms with Gasteiger partial charge in [0.25, 0.3) is 0 Å². The zero-order chi connectivity index (χ0) is 10.7. The van der Waals surface area contributed by atoms with Crippen molar-refractivity contribution < 1.29 is 50.1 Å². The van der Waals surface area contributed by atoms with Crippen LogP contribution in [0, 0.1) is 0 Å². The maximum absolute atomic E-state index is 8.89. The summed E-state index contributed by atoms with van der Waals surface area (Å²) in [6, 6.07) is 0. The predicted octanol–water partition coefficient (Wildman–Crippen LogP) is -2.72. The standard InChI is InChI=1S/3C2H4O2.CH4.H3N.Pd/c3*1-2(3)4;;;/h3*1H3,(H,3,4);1H4;1H3;/q;;;;;+2/p-2. The van der Waals surface area contributed by atoms with Gasteiger partial charge < -0.3 is 35.9 Å². The van der Waals surface area contributed by atoms with Gasteiger partial charge in [-0.05, 0) is 20.8 Å². The Hall–Kier alpha value is -0.968. The second-order valence-corrected chi connectivity index (χ2v) is 1.47. The molecule has 0 bridgehead atoms. The predicted molar refractivity (Wildman–Crippen MR) is 44.8 cm³/mol. The molecule has 0 aromatic rings. The summed E-state index contributed by atoms with van der Waals surface area (Å²) < 4.78 is 0. The summed E-state index contributed by atoms with van der Waals surface area (Å²) in [5.41, 5.74) is 0. The average molecular weight is 318 g/mol. The smallest absolute Gasteiger partial charge is 0.550 e. The third kappa shape index (κ3) is 1690. The van der Waals surface area contributed by atoms with E-state index in [1.165, 1.54) is 0 Å². The van der Waals surface area contributed by atoms with Crippen molar-refractivity contribution in [1.29, 1.82) is 0 Å². The molecule has 0 amide bonds. The molecule has 0 aliphatic rings. The third-order valence-corrected chi connectivity index (χ3v) is 0. The van der Waals surface area contributed by atoms with Gasteiger partial charge in [-0.1, -0.05) is 7.43 Å². The van der Waals surface area contributed by atoms with Gasteiger partial charge in [-0.2, -0.15) is 0 Å². The van der Waals surface area contributed by atoms with Crippen LogP contribution in [0.4, 0.5) is 0 Å². The van der Waals surface area contributed by atoms with E-state index in [-0.39, 0.29) is 34.0 Å². The Morgan fingerprint density at radius 1 is 0.733 bits per heavy atom. The number of quaternary nitrogens is 1. The van der Waals surface area contributed by atoms with Gasteiger partial charge >= 0.3 is 20.4 Å². The van der Waals surface area contributed by atoms with Crippen LogP contribution >= 0.6 is 0 Å². The van der Waals surface area contributed by atoms with E-state index < -0.39 is 17.9 Å². The first-order valence-corrected chi connectivity index (χ1v) is 2.72. The van der Waals surface area contributed by atoms with Crippen molar-refractivity contribution in [3.8, 4) is 0 Å². The van der Waals surface area contributed by atoms with Gasteiger partial charge in [0.2, 0.25) is 0 Å². The Bertz CT molecular complexity index is 121. The van der Waals surface area contributed by atoms with E-state index in [4.69, 9.17) is 29.7 Å². The van der Waals surface area contributed by atoms with E-state index in [1.807, 2.05) is 0 Å². The summed E-state index contributed by atoms with van der Waals surface area (Å²) in [5.74, 6) is -3.25. The number of rotatable bonds is 0. The Balaban J connectivity index is -0.0000000184. The van der Waals surface area contributed by atoms with Crippen molar-refractivity contribution >= 4 is 17.9 Å². The molecule has 0 fully saturated rings. The van der Waals surface area contributed by atoms with E-state index in [0.29, 0.717) is 0 Å². The minimum atomic E-state index is -1.08. The number of carboxylic acids is 3. The molecular weight excluding hydrogens is 300 g/mol. The fourth-order valence-corrected chi connectivity index (χ4v) is 0. The van der Waals surface area contributed by atoms with Crippen LogP contribution < -0.4 is 21.5 Å². The number of carbonyl (C=O) groups is 3. The molecule has 0 rings (SSSR count). The van der Waals surface area contributed by atoms with Crippen LogP contribution in [0.3, 0.4) is 0 Å². The maximum Gasteiger partial charge on any atom is 2.00 e. The molecule has 0 saturated carbocycles. The molecule has 7 nitrogen and oxygen atoms in total. The minimum absolute atomic E-state index is 0. The molecular formula is C7H17NO6Pd. The molecule has 0 atom stereocenters. The normalized spacial score (nSPS) is 5.00. The summed E-state index contributed by atoms with van der Waals surface area (Å²) in [4.78, 5) is 26.7. The van der Waals surface area contributed by atoms with E-state index in [9.17, 15) is 0 Å². The molecule has 96 valence electrons. The summed E-state index contributed by atoms with van der Waals surface area (Å²) >= 11 is 0. The van der Waals surface area contributed by atoms with Crippen LogP contribution in [0.1, 0.15) is 28.2 Å². The number of carboxylic acid groups (broad SMARTS) is 3. The first kappa shape index (κ1) is 36.9. The Labute approximate surface area is 103 Å². The largest absolute Gasteiger partial charge is 2.00 e. The van der Waals surface area contributed by atoms with Crippen molar-refractivity contribution in [3.63, 3.8) is 0 Å². The number of aliphatic carboxylic acids is 3. The number of hydrogen-bond donors (Lipinski definition) is 1. The van der Waals surface area contributed by atoms with Crippen LogP contribution in [-0.2, 0) is 34.8 Å². The van der Waals surface area contributed by atoms with E-state index in [1.54, 1.807) is 0 Å². The zero-order valence-electron chi connectivity index (χ0n) is 8.27. The van der Waals surface area contributed by atoms with Gasteiger partial charge in [-0.25, -0.2) is 0 Å². The maximum atomic E-state index is 8.89. The molecule has 4 N–H and O–H groups in total. The molecule has 0 aliphatic carbocycles. The van der Waals surface area contributed by atoms with E-state index >= 15 is 0 Å². The molecule has 0 aromatic heterocycles. The monoisotopic (exact) mass is 317 g/mol. The average Bonchev–Trinajstić information content (AvgIpc) is 1.54. The molecule has 0 aliphatic heterocycles. The third-order valence-electron chi connectivity index (χ3n) is 0. The quantitative estimate of drug-likeness (QED) is 0.478. The van der Waals surface area contributed by atoms with Gasteiger partial charge in [-0.15, -0.1) is 0 Å². The zero-order valence-corrected chi connectivity index (χ0v) is 9.82. The summed E-state index contributed by atoms with van der Waals surface area (Å²) in [6.07, 6.45) is 0. The van der Waals surface area contributed by atoms with Gasteiger partial charge in [0.15, 0.2) is 0 Å². The van der Waals surface area contributed by atoms with Crippen LogP contribution in [-0.4, -0.2) is 17.9 Å². The van der Waals surface area contributed by atoms with Crippen molar-refractivity contribution in [2.24, 2.45) is 0 Å². The summed E-state index contributed by atoms with van der Waals surface area (Å²) in [6.45, 7) is 2.92. The van der Waals surface area contributed by atoms with Crippen molar-refractivity contribution in [2.75, 3.05) is 0 Å². The molecule has 0 spiro atoms.